The second-order valence-electron chi connectivity index (χ2n) is 5.17. The highest BCUT2D eigenvalue weighted by atomic mass is 35.5. The van der Waals surface area contributed by atoms with E-state index in [4.69, 9.17) is 23.2 Å². The van der Waals surface area contributed by atoms with E-state index in [2.05, 4.69) is 36.5 Å². The van der Waals surface area contributed by atoms with Crippen molar-refractivity contribution in [1.82, 2.24) is 5.32 Å². The van der Waals surface area contributed by atoms with Gasteiger partial charge in [-0.15, -0.1) is 11.8 Å². The molecule has 1 aliphatic heterocycles. The van der Waals surface area contributed by atoms with Gasteiger partial charge in [0, 0.05) is 26.2 Å². The smallest absolute Gasteiger partial charge is 0.0462 e. The molecule has 0 spiro atoms. The van der Waals surface area contributed by atoms with E-state index in [0.717, 1.165) is 28.6 Å². The van der Waals surface area contributed by atoms with Gasteiger partial charge < -0.3 is 5.32 Å². The van der Waals surface area contributed by atoms with E-state index in [9.17, 15) is 0 Å². The monoisotopic (exact) mass is 337 g/mol. The minimum atomic E-state index is 0.207. The van der Waals surface area contributed by atoms with Crippen LogP contribution in [0.25, 0.3) is 0 Å². The molecule has 0 saturated heterocycles. The number of hydrogen-bond acceptors (Lipinski definition) is 2. The lowest BCUT2D eigenvalue weighted by atomic mass is 9.98. The highest BCUT2D eigenvalue weighted by molar-refractivity contribution is 8.00. The molecule has 0 fully saturated rings. The second-order valence-corrected chi connectivity index (χ2v) is 7.29. The molecular weight excluding hydrogens is 321 g/mol. The normalized spacial score (nSPS) is 18.5. The maximum atomic E-state index is 6.41. The third-order valence-electron chi connectivity index (χ3n) is 3.76. The van der Waals surface area contributed by atoms with Gasteiger partial charge in [0.15, 0.2) is 0 Å². The van der Waals surface area contributed by atoms with Crippen LogP contribution in [0.5, 0.6) is 0 Å². The zero-order valence-electron chi connectivity index (χ0n) is 11.8. The molecule has 2 aromatic carbocycles. The van der Waals surface area contributed by atoms with Gasteiger partial charge in [0.1, 0.15) is 0 Å². The molecule has 21 heavy (non-hydrogen) atoms. The summed E-state index contributed by atoms with van der Waals surface area (Å²) in [5, 5.41) is 5.54. The lowest BCUT2D eigenvalue weighted by molar-refractivity contribution is 0.532. The average molecular weight is 338 g/mol. The largest absolute Gasteiger partial charge is 0.309 e. The molecule has 0 aliphatic carbocycles. The summed E-state index contributed by atoms with van der Waals surface area (Å²) in [5.74, 6) is 0. The molecule has 1 heterocycles. The van der Waals surface area contributed by atoms with Crippen molar-refractivity contribution < 1.29 is 0 Å². The van der Waals surface area contributed by atoms with Crippen LogP contribution in [0.1, 0.15) is 24.1 Å². The molecule has 1 aliphatic rings. The molecule has 3 rings (SSSR count). The van der Waals surface area contributed by atoms with E-state index < -0.39 is 0 Å². The Bertz CT molecular complexity index is 619. The van der Waals surface area contributed by atoms with E-state index in [1.807, 2.05) is 30.0 Å². The molecule has 1 N–H and O–H groups in total. The van der Waals surface area contributed by atoms with Gasteiger partial charge in [0.2, 0.25) is 0 Å². The molecule has 0 bridgehead atoms. The van der Waals surface area contributed by atoms with E-state index in [0.29, 0.717) is 5.25 Å². The molecule has 2 aromatic rings. The minimum Gasteiger partial charge on any atom is -0.309 e. The summed E-state index contributed by atoms with van der Waals surface area (Å²) in [6, 6.07) is 14.5. The van der Waals surface area contributed by atoms with Crippen LogP contribution in [0.3, 0.4) is 0 Å². The second kappa shape index (κ2) is 6.62. The van der Waals surface area contributed by atoms with Crippen molar-refractivity contribution >= 4 is 35.0 Å². The van der Waals surface area contributed by atoms with Crippen LogP contribution in [0.4, 0.5) is 0 Å². The molecule has 0 amide bonds. The van der Waals surface area contributed by atoms with Crippen LogP contribution in [-0.2, 0) is 6.42 Å². The Morgan fingerprint density at radius 3 is 2.81 bits per heavy atom. The average Bonchev–Trinajstić information content (AvgIpc) is 2.91. The first kappa shape index (κ1) is 15.2. The molecule has 0 aromatic heterocycles. The van der Waals surface area contributed by atoms with Crippen molar-refractivity contribution in [3.8, 4) is 0 Å². The fraction of sp³-hybridized carbons (Fsp3) is 0.294. The van der Waals surface area contributed by atoms with Crippen molar-refractivity contribution in [3.63, 3.8) is 0 Å². The minimum absolute atomic E-state index is 0.207. The maximum Gasteiger partial charge on any atom is 0.0462 e. The van der Waals surface area contributed by atoms with E-state index in [1.165, 1.54) is 10.5 Å². The van der Waals surface area contributed by atoms with Crippen LogP contribution in [0.15, 0.2) is 47.4 Å². The van der Waals surface area contributed by atoms with E-state index in [1.54, 1.807) is 0 Å². The summed E-state index contributed by atoms with van der Waals surface area (Å²) < 4.78 is 0. The Morgan fingerprint density at radius 1 is 1.24 bits per heavy atom. The molecule has 4 heteroatoms. The molecule has 110 valence electrons. The van der Waals surface area contributed by atoms with Gasteiger partial charge in [-0.2, -0.15) is 0 Å². The first-order valence-electron chi connectivity index (χ1n) is 7.12. The standard InChI is InChI=1S/C17H17Cl2NS/c1-2-20-17(13-10-12(18)7-8-14(13)19)16-9-11-5-3-4-6-15(11)21-16/h3-8,10,16-17,20H,2,9H2,1H3. The van der Waals surface area contributed by atoms with Gasteiger partial charge in [-0.05, 0) is 48.4 Å². The number of fused-ring (bicyclic) bond motifs is 1. The third-order valence-corrected chi connectivity index (χ3v) is 5.73. The maximum absolute atomic E-state index is 6.41. The van der Waals surface area contributed by atoms with Crippen molar-refractivity contribution in [3.05, 3.63) is 63.6 Å². The molecule has 0 radical (unpaired) electrons. The van der Waals surface area contributed by atoms with Gasteiger partial charge in [-0.3, -0.25) is 0 Å². The first-order chi connectivity index (χ1) is 10.2. The SMILES string of the molecule is CCNC(c1cc(Cl)ccc1Cl)C1Cc2ccccc2S1. The van der Waals surface area contributed by atoms with Crippen molar-refractivity contribution in [2.75, 3.05) is 6.54 Å². The highest BCUT2D eigenvalue weighted by Gasteiger charge is 2.31. The fourth-order valence-corrected chi connectivity index (χ4v) is 4.65. The van der Waals surface area contributed by atoms with Crippen LogP contribution in [-0.4, -0.2) is 11.8 Å². The summed E-state index contributed by atoms with van der Waals surface area (Å²) in [6.45, 7) is 3.03. The molecule has 2 atom stereocenters. The Balaban J connectivity index is 1.91. The number of halogens is 2. The molecule has 1 nitrogen and oxygen atoms in total. The first-order valence-corrected chi connectivity index (χ1v) is 8.75. The van der Waals surface area contributed by atoms with Crippen molar-refractivity contribution in [2.24, 2.45) is 0 Å². The fourth-order valence-electron chi connectivity index (χ4n) is 2.81. The van der Waals surface area contributed by atoms with Crippen LogP contribution in [0, 0.1) is 0 Å². The number of benzene rings is 2. The molecular formula is C17H17Cl2NS. The molecule has 2 unspecified atom stereocenters. The topological polar surface area (TPSA) is 12.0 Å². The number of thioether (sulfide) groups is 1. The van der Waals surface area contributed by atoms with Gasteiger partial charge in [-0.25, -0.2) is 0 Å². The van der Waals surface area contributed by atoms with Gasteiger partial charge in [-0.1, -0.05) is 48.3 Å². The lowest BCUT2D eigenvalue weighted by Gasteiger charge is -2.25. The summed E-state index contributed by atoms with van der Waals surface area (Å²) in [7, 11) is 0. The number of rotatable bonds is 4. The predicted molar refractivity (Wildman–Crippen MR) is 92.7 cm³/mol. The zero-order valence-corrected chi connectivity index (χ0v) is 14.1. The van der Waals surface area contributed by atoms with Crippen LogP contribution >= 0.6 is 35.0 Å². The van der Waals surface area contributed by atoms with E-state index >= 15 is 0 Å². The molecule has 0 saturated carbocycles. The van der Waals surface area contributed by atoms with Crippen LogP contribution in [0.2, 0.25) is 10.0 Å². The Labute approximate surface area is 140 Å². The quantitative estimate of drug-likeness (QED) is 0.805. The van der Waals surface area contributed by atoms with E-state index in [-0.39, 0.29) is 6.04 Å². The number of hydrogen-bond donors (Lipinski definition) is 1. The summed E-state index contributed by atoms with van der Waals surface area (Å²) in [4.78, 5) is 1.38. The Morgan fingerprint density at radius 2 is 2.05 bits per heavy atom. The lowest BCUT2D eigenvalue weighted by Crippen LogP contribution is -2.30. The zero-order chi connectivity index (χ0) is 14.8. The number of nitrogens with one attached hydrogen (secondary N) is 1. The highest BCUT2D eigenvalue weighted by Crippen LogP contribution is 2.44. The summed E-state index contributed by atoms with van der Waals surface area (Å²) in [6.07, 6.45) is 1.06. The van der Waals surface area contributed by atoms with Crippen molar-refractivity contribution in [2.45, 2.75) is 29.5 Å². The van der Waals surface area contributed by atoms with Gasteiger partial charge >= 0.3 is 0 Å². The van der Waals surface area contributed by atoms with Crippen molar-refractivity contribution in [1.29, 1.82) is 0 Å². The predicted octanol–water partition coefficient (Wildman–Crippen LogP) is 5.36. The Hall–Kier alpha value is -0.670. The van der Waals surface area contributed by atoms with Gasteiger partial charge in [0.05, 0.1) is 0 Å². The third kappa shape index (κ3) is 3.24. The summed E-state index contributed by atoms with van der Waals surface area (Å²) in [5.41, 5.74) is 2.52. The Kier molecular flexibility index (Phi) is 4.80. The van der Waals surface area contributed by atoms with Crippen LogP contribution < -0.4 is 5.32 Å². The van der Waals surface area contributed by atoms with Gasteiger partial charge in [0.25, 0.3) is 0 Å². The summed E-state index contributed by atoms with van der Waals surface area (Å²) >= 11 is 14.5.